The maximum atomic E-state index is 12.8. The lowest BCUT2D eigenvalue weighted by atomic mass is 9.99. The Balaban J connectivity index is 2.32. The average molecular weight is 879 g/mol. The second-order valence-electron chi connectivity index (χ2n) is 17.1. The Labute approximate surface area is 366 Å². The predicted octanol–water partition coefficient (Wildman–Crippen LogP) is 10.6. The van der Waals surface area contributed by atoms with Gasteiger partial charge in [-0.25, -0.2) is 4.18 Å². The van der Waals surface area contributed by atoms with Crippen molar-refractivity contribution >= 4 is 16.4 Å². The molecule has 13 heteroatoms. The molecule has 356 valence electrons. The van der Waals surface area contributed by atoms with Crippen LogP contribution >= 0.6 is 0 Å². The molecule has 0 saturated carbocycles. The monoisotopic (exact) mass is 879 g/mol. The van der Waals surface area contributed by atoms with E-state index < -0.39 is 59.8 Å². The summed E-state index contributed by atoms with van der Waals surface area (Å²) in [5.41, 5.74) is 0. The lowest BCUT2D eigenvalue weighted by Crippen LogP contribution is -2.60. The minimum absolute atomic E-state index is 0.0405. The van der Waals surface area contributed by atoms with Crippen molar-refractivity contribution < 1.29 is 56.2 Å². The Morgan fingerprint density at radius 3 is 1.50 bits per heavy atom. The summed E-state index contributed by atoms with van der Waals surface area (Å²) in [6.45, 7) is 4.00. The second-order valence-corrected chi connectivity index (χ2v) is 18.1. The van der Waals surface area contributed by atoms with Gasteiger partial charge in [-0.1, -0.05) is 187 Å². The summed E-state index contributed by atoms with van der Waals surface area (Å²) in [4.78, 5) is 12.8. The van der Waals surface area contributed by atoms with Gasteiger partial charge in [-0.3, -0.25) is 9.35 Å². The molecule has 0 radical (unpaired) electrons. The third-order valence-corrected chi connectivity index (χ3v) is 11.9. The number of esters is 1. The number of carbonyl (C=O) groups excluding carboxylic acids is 1. The molecule has 1 rings (SSSR count). The first kappa shape index (κ1) is 56.9. The van der Waals surface area contributed by atoms with Crippen molar-refractivity contribution in [3.05, 3.63) is 12.2 Å². The van der Waals surface area contributed by atoms with E-state index in [-0.39, 0.29) is 19.6 Å². The zero-order chi connectivity index (χ0) is 43.9. The van der Waals surface area contributed by atoms with Gasteiger partial charge in [0.05, 0.1) is 19.8 Å². The van der Waals surface area contributed by atoms with E-state index in [9.17, 15) is 28.5 Å². The van der Waals surface area contributed by atoms with E-state index in [0.29, 0.717) is 13.0 Å². The lowest BCUT2D eigenvalue weighted by molar-refractivity contribution is -0.301. The molecule has 0 aromatic carbocycles. The summed E-state index contributed by atoms with van der Waals surface area (Å²) in [7, 11) is -5.06. The van der Waals surface area contributed by atoms with E-state index in [1.165, 1.54) is 154 Å². The van der Waals surface area contributed by atoms with Gasteiger partial charge in [0.15, 0.2) is 6.29 Å². The van der Waals surface area contributed by atoms with Gasteiger partial charge >= 0.3 is 16.4 Å². The van der Waals surface area contributed by atoms with Crippen LogP contribution < -0.4 is 0 Å². The molecule has 0 aromatic rings. The molecule has 1 saturated heterocycles. The zero-order valence-corrected chi connectivity index (χ0v) is 38.9. The van der Waals surface area contributed by atoms with Crippen molar-refractivity contribution in [2.75, 3.05) is 26.4 Å². The molecule has 6 atom stereocenters. The Kier molecular flexibility index (Phi) is 37.4. The van der Waals surface area contributed by atoms with Crippen LogP contribution in [0.3, 0.4) is 0 Å². The SMILES string of the molecule is CCCCCCCCCC/C=C\CCCCCCCCCCCCOCC(COC1OC(CO)C(O)C(OS(=O)(=O)O)C1O)OC(=O)CCCCCCCCCCCCC. The molecule has 6 unspecified atom stereocenters. The highest BCUT2D eigenvalue weighted by Crippen LogP contribution is 2.26. The van der Waals surface area contributed by atoms with E-state index in [0.717, 1.165) is 38.5 Å². The summed E-state index contributed by atoms with van der Waals surface area (Å²) in [5, 5.41) is 30.7. The first-order valence-electron chi connectivity index (χ1n) is 24.4. The molecule has 1 aliphatic heterocycles. The maximum absolute atomic E-state index is 12.8. The number of carbonyl (C=O) groups is 1. The smallest absolute Gasteiger partial charge is 0.397 e. The van der Waals surface area contributed by atoms with Crippen molar-refractivity contribution in [1.82, 2.24) is 0 Å². The van der Waals surface area contributed by atoms with Crippen molar-refractivity contribution in [3.8, 4) is 0 Å². The van der Waals surface area contributed by atoms with Crippen LogP contribution in [0, 0.1) is 0 Å². The van der Waals surface area contributed by atoms with Gasteiger partial charge in [-0.2, -0.15) is 8.42 Å². The molecular weight excluding hydrogens is 789 g/mol. The molecular formula is C47H90O12S. The molecule has 0 spiro atoms. The number of allylic oxidation sites excluding steroid dienone is 2. The molecule has 0 aromatic heterocycles. The topological polar surface area (TPSA) is 178 Å². The molecule has 0 amide bonds. The normalized spacial score (nSPS) is 20.3. The van der Waals surface area contributed by atoms with Crippen molar-refractivity contribution in [1.29, 1.82) is 0 Å². The number of unbranched alkanes of at least 4 members (excludes halogenated alkanes) is 28. The Morgan fingerprint density at radius 2 is 1.05 bits per heavy atom. The molecule has 60 heavy (non-hydrogen) atoms. The maximum Gasteiger partial charge on any atom is 0.397 e. The summed E-state index contributed by atoms with van der Waals surface area (Å²) in [6.07, 6.45) is 34.0. The van der Waals surface area contributed by atoms with Crippen LogP contribution in [-0.4, -0.2) is 97.5 Å². The minimum atomic E-state index is -5.06. The fourth-order valence-corrected chi connectivity index (χ4v) is 8.18. The Bertz CT molecular complexity index is 1110. The van der Waals surface area contributed by atoms with Crippen LogP contribution in [0.5, 0.6) is 0 Å². The van der Waals surface area contributed by atoms with Crippen molar-refractivity contribution in [2.45, 2.75) is 256 Å². The summed E-state index contributed by atoms with van der Waals surface area (Å²) >= 11 is 0. The van der Waals surface area contributed by atoms with Crippen molar-refractivity contribution in [2.24, 2.45) is 0 Å². The van der Waals surface area contributed by atoms with Gasteiger partial charge in [0, 0.05) is 13.0 Å². The first-order chi connectivity index (χ1) is 29.1. The highest BCUT2D eigenvalue weighted by atomic mass is 32.3. The van der Waals surface area contributed by atoms with Gasteiger partial charge in [-0.15, -0.1) is 0 Å². The number of ether oxygens (including phenoxy) is 4. The van der Waals surface area contributed by atoms with E-state index in [2.05, 4.69) is 30.2 Å². The Hall–Kier alpha value is -1.16. The summed E-state index contributed by atoms with van der Waals surface area (Å²) in [5.74, 6) is -0.398. The highest BCUT2D eigenvalue weighted by Gasteiger charge is 2.48. The molecule has 1 aliphatic rings. The lowest BCUT2D eigenvalue weighted by Gasteiger charge is -2.41. The van der Waals surface area contributed by atoms with Crippen LogP contribution in [-0.2, 0) is 38.3 Å². The van der Waals surface area contributed by atoms with Crippen LogP contribution in [0.4, 0.5) is 0 Å². The fourth-order valence-electron chi connectivity index (χ4n) is 7.67. The molecule has 0 aliphatic carbocycles. The van der Waals surface area contributed by atoms with Crippen LogP contribution in [0.1, 0.15) is 219 Å². The van der Waals surface area contributed by atoms with E-state index >= 15 is 0 Å². The standard InChI is InChI=1S/C47H90O12S/c1-3-5-7-9-11-13-15-16-17-18-19-20-21-22-23-24-25-27-29-31-33-35-37-55-39-41(57-43(49)36-34-32-30-28-26-14-12-10-8-6-4-2)40-56-47-45(51)46(59-60(52,53)54)44(50)42(38-48)58-47/h18-19,41-42,44-48,50-51H,3-17,20-40H2,1-2H3,(H,52,53,54)/b19-18-. The van der Waals surface area contributed by atoms with Crippen LogP contribution in [0.2, 0.25) is 0 Å². The van der Waals surface area contributed by atoms with Gasteiger partial charge < -0.3 is 34.3 Å². The highest BCUT2D eigenvalue weighted by molar-refractivity contribution is 7.80. The number of rotatable bonds is 43. The van der Waals surface area contributed by atoms with Gasteiger partial charge in [-0.05, 0) is 38.5 Å². The quantitative estimate of drug-likeness (QED) is 0.0197. The molecule has 4 N–H and O–H groups in total. The first-order valence-corrected chi connectivity index (χ1v) is 25.8. The van der Waals surface area contributed by atoms with E-state index in [4.69, 9.17) is 23.5 Å². The molecule has 1 heterocycles. The molecule has 1 fully saturated rings. The van der Waals surface area contributed by atoms with Gasteiger partial charge in [0.2, 0.25) is 0 Å². The number of hydrogen-bond acceptors (Lipinski definition) is 11. The molecule has 0 bridgehead atoms. The molecule has 12 nitrogen and oxygen atoms in total. The number of hydrogen-bond donors (Lipinski definition) is 4. The van der Waals surface area contributed by atoms with Gasteiger partial charge in [0.25, 0.3) is 0 Å². The Morgan fingerprint density at radius 1 is 0.617 bits per heavy atom. The van der Waals surface area contributed by atoms with E-state index in [1.807, 2.05) is 0 Å². The summed E-state index contributed by atoms with van der Waals surface area (Å²) in [6, 6.07) is 0. The largest absolute Gasteiger partial charge is 0.457 e. The third-order valence-electron chi connectivity index (χ3n) is 11.4. The predicted molar refractivity (Wildman–Crippen MR) is 239 cm³/mol. The van der Waals surface area contributed by atoms with Crippen molar-refractivity contribution in [3.63, 3.8) is 0 Å². The third kappa shape index (κ3) is 32.5. The fraction of sp³-hybridized carbons (Fsp3) is 0.936. The minimum Gasteiger partial charge on any atom is -0.457 e. The number of aliphatic hydroxyl groups excluding tert-OH is 3. The van der Waals surface area contributed by atoms with Gasteiger partial charge in [0.1, 0.15) is 30.5 Å². The number of aliphatic hydroxyl groups is 3. The summed E-state index contributed by atoms with van der Waals surface area (Å²) < 4.78 is 59.1. The zero-order valence-electron chi connectivity index (χ0n) is 38.0. The van der Waals surface area contributed by atoms with E-state index in [1.54, 1.807) is 0 Å². The van der Waals surface area contributed by atoms with Crippen LogP contribution in [0.15, 0.2) is 12.2 Å². The average Bonchev–Trinajstić information content (AvgIpc) is 3.22. The van der Waals surface area contributed by atoms with Crippen LogP contribution in [0.25, 0.3) is 0 Å². The second kappa shape index (κ2) is 39.4.